The molecule has 0 aliphatic heterocycles. The van der Waals surface area contributed by atoms with Crippen LogP contribution in [0.3, 0.4) is 0 Å². The standard InChI is InChI=1S/C28H25N3O4S/c1-19-8-11-22(12-9-19)34-14-5-15-35-24-13-10-20(17-25(24)33-2)16-21(18-29)27(32)31-28-30-23-6-3-4-7-26(23)36-28/h3-4,6-13,16-17H,5,14-15H2,1-2H3,(H,30,31,32)/b21-16+. The van der Waals surface area contributed by atoms with Gasteiger partial charge in [-0.05, 0) is 55.0 Å². The number of carbonyl (C=O) groups is 1. The highest BCUT2D eigenvalue weighted by Crippen LogP contribution is 2.30. The number of nitrogens with zero attached hydrogens (tertiary/aromatic N) is 2. The molecule has 0 aliphatic carbocycles. The molecule has 0 fully saturated rings. The molecule has 0 atom stereocenters. The number of fused-ring (bicyclic) bond motifs is 1. The number of nitriles is 1. The molecule has 1 amide bonds. The van der Waals surface area contributed by atoms with Crippen molar-refractivity contribution >= 4 is 38.7 Å². The monoisotopic (exact) mass is 499 g/mol. The van der Waals surface area contributed by atoms with Crippen LogP contribution >= 0.6 is 11.3 Å². The van der Waals surface area contributed by atoms with Crippen LogP contribution in [0.1, 0.15) is 17.5 Å². The Hall–Kier alpha value is -4.35. The lowest BCUT2D eigenvalue weighted by Gasteiger charge is -2.12. The second-order valence-electron chi connectivity index (χ2n) is 7.88. The number of hydrogen-bond donors (Lipinski definition) is 1. The molecule has 0 aliphatic rings. The second kappa shape index (κ2) is 11.9. The third-order valence-electron chi connectivity index (χ3n) is 5.21. The van der Waals surface area contributed by atoms with Crippen LogP contribution in [-0.2, 0) is 4.79 Å². The quantitative estimate of drug-likeness (QED) is 0.163. The molecule has 1 heterocycles. The highest BCUT2D eigenvalue weighted by molar-refractivity contribution is 7.22. The number of anilines is 1. The summed E-state index contributed by atoms with van der Waals surface area (Å²) in [7, 11) is 1.54. The zero-order chi connectivity index (χ0) is 25.3. The molecular formula is C28H25N3O4S. The lowest BCUT2D eigenvalue weighted by molar-refractivity contribution is -0.112. The number of thiazole rings is 1. The van der Waals surface area contributed by atoms with E-state index in [0.29, 0.717) is 41.8 Å². The molecule has 36 heavy (non-hydrogen) atoms. The van der Waals surface area contributed by atoms with Crippen molar-refractivity contribution in [2.75, 3.05) is 25.6 Å². The maximum atomic E-state index is 12.7. The van der Waals surface area contributed by atoms with E-state index in [9.17, 15) is 10.1 Å². The van der Waals surface area contributed by atoms with E-state index in [0.717, 1.165) is 16.0 Å². The van der Waals surface area contributed by atoms with E-state index in [-0.39, 0.29) is 5.57 Å². The smallest absolute Gasteiger partial charge is 0.268 e. The van der Waals surface area contributed by atoms with E-state index in [4.69, 9.17) is 14.2 Å². The summed E-state index contributed by atoms with van der Waals surface area (Å²) >= 11 is 1.35. The minimum Gasteiger partial charge on any atom is -0.493 e. The van der Waals surface area contributed by atoms with Crippen LogP contribution < -0.4 is 19.5 Å². The van der Waals surface area contributed by atoms with Crippen LogP contribution in [0.15, 0.2) is 72.3 Å². The maximum absolute atomic E-state index is 12.7. The number of nitrogens with one attached hydrogen (secondary N) is 1. The molecule has 0 saturated heterocycles. The van der Waals surface area contributed by atoms with Crippen molar-refractivity contribution < 1.29 is 19.0 Å². The van der Waals surface area contributed by atoms with Gasteiger partial charge in [0.25, 0.3) is 5.91 Å². The molecule has 7 nitrogen and oxygen atoms in total. The molecule has 8 heteroatoms. The maximum Gasteiger partial charge on any atom is 0.268 e. The third kappa shape index (κ3) is 6.40. The van der Waals surface area contributed by atoms with Crippen molar-refractivity contribution in [2.24, 2.45) is 0 Å². The largest absolute Gasteiger partial charge is 0.493 e. The van der Waals surface area contributed by atoms with Crippen molar-refractivity contribution in [2.45, 2.75) is 13.3 Å². The van der Waals surface area contributed by atoms with E-state index >= 15 is 0 Å². The average molecular weight is 500 g/mol. The van der Waals surface area contributed by atoms with Crippen molar-refractivity contribution in [3.8, 4) is 23.3 Å². The van der Waals surface area contributed by atoms with Gasteiger partial charge in [-0.2, -0.15) is 5.26 Å². The van der Waals surface area contributed by atoms with E-state index in [2.05, 4.69) is 10.3 Å². The summed E-state index contributed by atoms with van der Waals surface area (Å²) in [5.41, 5.74) is 2.57. The van der Waals surface area contributed by atoms with E-state index in [1.54, 1.807) is 25.3 Å². The van der Waals surface area contributed by atoms with Crippen LogP contribution in [0.4, 0.5) is 5.13 Å². The molecule has 4 aromatic rings. The van der Waals surface area contributed by atoms with Gasteiger partial charge in [-0.15, -0.1) is 0 Å². The normalized spacial score (nSPS) is 11.1. The summed E-state index contributed by atoms with van der Waals surface area (Å²) in [6.07, 6.45) is 2.20. The summed E-state index contributed by atoms with van der Waals surface area (Å²) in [6, 6.07) is 22.7. The summed E-state index contributed by atoms with van der Waals surface area (Å²) < 4.78 is 18.0. The fraction of sp³-hybridized carbons (Fsp3) is 0.179. The highest BCUT2D eigenvalue weighted by Gasteiger charge is 2.13. The lowest BCUT2D eigenvalue weighted by Crippen LogP contribution is -2.13. The number of aryl methyl sites for hydroxylation is 1. The number of benzene rings is 3. The molecule has 0 radical (unpaired) electrons. The van der Waals surface area contributed by atoms with Gasteiger partial charge < -0.3 is 14.2 Å². The first-order valence-electron chi connectivity index (χ1n) is 11.3. The Morgan fingerprint density at radius 3 is 2.58 bits per heavy atom. The number of rotatable bonds is 10. The fourth-order valence-electron chi connectivity index (χ4n) is 3.36. The molecule has 4 rings (SSSR count). The zero-order valence-corrected chi connectivity index (χ0v) is 20.8. The number of ether oxygens (including phenoxy) is 3. The van der Waals surface area contributed by atoms with Crippen LogP contribution in [0.5, 0.6) is 17.2 Å². The minimum atomic E-state index is -0.524. The number of hydrogen-bond acceptors (Lipinski definition) is 7. The van der Waals surface area contributed by atoms with Gasteiger partial charge in [0.15, 0.2) is 16.6 Å². The molecule has 182 valence electrons. The Bertz CT molecular complexity index is 1390. The second-order valence-corrected chi connectivity index (χ2v) is 8.92. The van der Waals surface area contributed by atoms with Crippen LogP contribution in [0, 0.1) is 18.3 Å². The first-order valence-corrected chi connectivity index (χ1v) is 12.2. The van der Waals surface area contributed by atoms with Gasteiger partial charge >= 0.3 is 0 Å². The fourth-order valence-corrected chi connectivity index (χ4v) is 4.23. The molecule has 1 aromatic heterocycles. The van der Waals surface area contributed by atoms with Gasteiger partial charge in [0.05, 0.1) is 30.5 Å². The molecule has 1 N–H and O–H groups in total. The Balaban J connectivity index is 1.35. The number of para-hydroxylation sites is 1. The Morgan fingerprint density at radius 2 is 1.83 bits per heavy atom. The zero-order valence-electron chi connectivity index (χ0n) is 20.0. The van der Waals surface area contributed by atoms with E-state index in [1.807, 2.05) is 61.5 Å². The Labute approximate surface area is 213 Å². The van der Waals surface area contributed by atoms with Gasteiger partial charge in [0, 0.05) is 6.42 Å². The molecule has 0 saturated carbocycles. The van der Waals surface area contributed by atoms with Crippen LogP contribution in [-0.4, -0.2) is 31.2 Å². The number of carbonyl (C=O) groups excluding carboxylic acids is 1. The van der Waals surface area contributed by atoms with Gasteiger partial charge in [0.2, 0.25) is 0 Å². The Morgan fingerprint density at radius 1 is 1.06 bits per heavy atom. The minimum absolute atomic E-state index is 0.0433. The van der Waals surface area contributed by atoms with Crippen molar-refractivity contribution in [1.29, 1.82) is 5.26 Å². The number of methoxy groups -OCH3 is 1. The summed E-state index contributed by atoms with van der Waals surface area (Å²) in [5, 5.41) is 12.7. The molecule has 0 spiro atoms. The molecule has 0 unspecified atom stereocenters. The van der Waals surface area contributed by atoms with E-state index < -0.39 is 5.91 Å². The third-order valence-corrected chi connectivity index (χ3v) is 6.17. The van der Waals surface area contributed by atoms with Crippen molar-refractivity contribution in [1.82, 2.24) is 4.98 Å². The summed E-state index contributed by atoms with van der Waals surface area (Å²) in [4.78, 5) is 17.0. The van der Waals surface area contributed by atoms with E-state index in [1.165, 1.54) is 23.0 Å². The topological polar surface area (TPSA) is 93.5 Å². The summed E-state index contributed by atoms with van der Waals surface area (Å²) in [5.74, 6) is 1.38. The number of aromatic nitrogens is 1. The molecule has 0 bridgehead atoms. The van der Waals surface area contributed by atoms with Gasteiger partial charge in [-0.25, -0.2) is 4.98 Å². The highest BCUT2D eigenvalue weighted by atomic mass is 32.1. The predicted molar refractivity (Wildman–Crippen MR) is 142 cm³/mol. The van der Waals surface area contributed by atoms with Crippen molar-refractivity contribution in [3.63, 3.8) is 0 Å². The van der Waals surface area contributed by atoms with Crippen LogP contribution in [0.2, 0.25) is 0 Å². The molecular weight excluding hydrogens is 474 g/mol. The number of amides is 1. The lowest BCUT2D eigenvalue weighted by atomic mass is 10.1. The first-order chi connectivity index (χ1) is 17.6. The molecule has 3 aromatic carbocycles. The Kier molecular flexibility index (Phi) is 8.16. The van der Waals surface area contributed by atoms with Crippen molar-refractivity contribution in [3.05, 3.63) is 83.4 Å². The van der Waals surface area contributed by atoms with Gasteiger partial charge in [0.1, 0.15) is 17.4 Å². The summed E-state index contributed by atoms with van der Waals surface area (Å²) in [6.45, 7) is 3.01. The average Bonchev–Trinajstić information content (AvgIpc) is 3.30. The van der Waals surface area contributed by atoms with Gasteiger partial charge in [-0.1, -0.05) is 47.2 Å². The predicted octanol–water partition coefficient (Wildman–Crippen LogP) is 6.01. The first kappa shape index (κ1) is 24.8. The SMILES string of the molecule is COc1cc(/C=C(\C#N)C(=O)Nc2nc3ccccc3s2)ccc1OCCCOc1ccc(C)cc1. The van der Waals surface area contributed by atoms with Crippen LogP contribution in [0.25, 0.3) is 16.3 Å². The van der Waals surface area contributed by atoms with Gasteiger partial charge in [-0.3, -0.25) is 10.1 Å².